The number of thioether (sulfide) groups is 1. The van der Waals surface area contributed by atoms with Gasteiger partial charge in [-0.3, -0.25) is 0 Å². The maximum atomic E-state index is 9.44. The molecule has 0 amide bonds. The van der Waals surface area contributed by atoms with Crippen LogP contribution in [0.2, 0.25) is 0 Å². The first-order valence-corrected chi connectivity index (χ1v) is 6.12. The van der Waals surface area contributed by atoms with Crippen molar-refractivity contribution in [2.75, 3.05) is 11.5 Å². The summed E-state index contributed by atoms with van der Waals surface area (Å²) in [6.45, 7) is 0. The Bertz CT molecular complexity index is 490. The van der Waals surface area contributed by atoms with Crippen molar-refractivity contribution in [3.63, 3.8) is 0 Å². The molecule has 0 aliphatic carbocycles. The van der Waals surface area contributed by atoms with E-state index in [-0.39, 0.29) is 5.75 Å². The number of benzene rings is 1. The van der Waals surface area contributed by atoms with Gasteiger partial charge in [0, 0.05) is 11.8 Å². The molecule has 1 N–H and O–H groups in total. The number of phenolic OH excluding ortho intramolecular Hbond substituents is 1. The van der Waals surface area contributed by atoms with E-state index in [1.54, 1.807) is 18.2 Å². The first-order chi connectivity index (χ1) is 7.34. The van der Waals surface area contributed by atoms with Crippen molar-refractivity contribution in [1.82, 2.24) is 15.0 Å². The first-order valence-electron chi connectivity index (χ1n) is 4.96. The Labute approximate surface area is 91.3 Å². The van der Waals surface area contributed by atoms with E-state index in [1.807, 2.05) is 16.4 Å². The van der Waals surface area contributed by atoms with Crippen LogP contribution in [0.3, 0.4) is 0 Å². The molecular weight excluding hydrogens is 210 g/mol. The second-order valence-electron chi connectivity index (χ2n) is 3.72. The Hall–Kier alpha value is -1.23. The van der Waals surface area contributed by atoms with Crippen molar-refractivity contribution in [2.45, 2.75) is 12.5 Å². The van der Waals surface area contributed by atoms with Crippen molar-refractivity contribution in [3.8, 4) is 5.75 Å². The van der Waals surface area contributed by atoms with Crippen LogP contribution in [0.5, 0.6) is 5.75 Å². The maximum absolute atomic E-state index is 9.44. The number of aromatic nitrogens is 3. The molecule has 1 aliphatic rings. The smallest absolute Gasteiger partial charge is 0.117 e. The van der Waals surface area contributed by atoms with Crippen molar-refractivity contribution in [3.05, 3.63) is 18.2 Å². The molecule has 0 radical (unpaired) electrons. The van der Waals surface area contributed by atoms with E-state index in [0.29, 0.717) is 6.04 Å². The molecule has 1 atom stereocenters. The minimum atomic E-state index is 0.275. The van der Waals surface area contributed by atoms with Crippen LogP contribution in [-0.2, 0) is 0 Å². The minimum absolute atomic E-state index is 0.275. The van der Waals surface area contributed by atoms with E-state index < -0.39 is 0 Å². The van der Waals surface area contributed by atoms with Gasteiger partial charge in [-0.05, 0) is 24.3 Å². The normalized spacial score (nSPS) is 21.2. The van der Waals surface area contributed by atoms with Gasteiger partial charge in [-0.25, -0.2) is 4.68 Å². The van der Waals surface area contributed by atoms with E-state index in [1.165, 1.54) is 5.75 Å². The molecule has 1 aliphatic heterocycles. The molecule has 1 saturated heterocycles. The van der Waals surface area contributed by atoms with Crippen LogP contribution < -0.4 is 0 Å². The largest absolute Gasteiger partial charge is 0.508 e. The van der Waals surface area contributed by atoms with E-state index in [2.05, 4.69) is 10.3 Å². The highest BCUT2D eigenvalue weighted by atomic mass is 32.2. The highest BCUT2D eigenvalue weighted by Gasteiger charge is 2.20. The van der Waals surface area contributed by atoms with E-state index in [9.17, 15) is 5.11 Å². The number of phenols is 1. The molecule has 0 saturated carbocycles. The lowest BCUT2D eigenvalue weighted by Gasteiger charge is -2.08. The molecule has 78 valence electrons. The molecule has 4 nitrogen and oxygen atoms in total. The number of hydrogen-bond donors (Lipinski definition) is 1. The monoisotopic (exact) mass is 221 g/mol. The molecule has 1 unspecified atom stereocenters. The predicted octanol–water partition coefficient (Wildman–Crippen LogP) is 1.81. The van der Waals surface area contributed by atoms with Gasteiger partial charge >= 0.3 is 0 Å². The quantitative estimate of drug-likeness (QED) is 0.798. The second-order valence-corrected chi connectivity index (χ2v) is 4.87. The summed E-state index contributed by atoms with van der Waals surface area (Å²) in [4.78, 5) is 0. The molecule has 2 heterocycles. The third kappa shape index (κ3) is 1.47. The summed E-state index contributed by atoms with van der Waals surface area (Å²) >= 11 is 1.94. The van der Waals surface area contributed by atoms with E-state index in [4.69, 9.17) is 0 Å². The number of nitrogens with zero attached hydrogens (tertiary/aromatic N) is 3. The van der Waals surface area contributed by atoms with E-state index in [0.717, 1.165) is 23.2 Å². The van der Waals surface area contributed by atoms with Gasteiger partial charge in [-0.2, -0.15) is 11.8 Å². The topological polar surface area (TPSA) is 50.9 Å². The number of aromatic hydroxyl groups is 1. The Morgan fingerprint density at radius 3 is 3.20 bits per heavy atom. The lowest BCUT2D eigenvalue weighted by atomic mass is 10.2. The lowest BCUT2D eigenvalue weighted by Crippen LogP contribution is -2.09. The molecule has 1 aromatic heterocycles. The average Bonchev–Trinajstić information content (AvgIpc) is 2.83. The summed E-state index contributed by atoms with van der Waals surface area (Å²) in [5.41, 5.74) is 1.78. The SMILES string of the molecule is Oc1ccc2nnn(C3CCSC3)c2c1. The van der Waals surface area contributed by atoms with Crippen molar-refractivity contribution >= 4 is 22.8 Å². The standard InChI is InChI=1S/C10H11N3OS/c14-8-1-2-9-10(5-8)13(12-11-9)7-3-4-15-6-7/h1-2,5,7,14H,3-4,6H2. The number of rotatable bonds is 1. The van der Waals surface area contributed by atoms with Crippen molar-refractivity contribution in [2.24, 2.45) is 0 Å². The fraction of sp³-hybridized carbons (Fsp3) is 0.400. The summed E-state index contributed by atoms with van der Waals surface area (Å²) in [5, 5.41) is 17.7. The third-order valence-corrected chi connectivity index (χ3v) is 3.85. The Balaban J connectivity index is 2.13. The van der Waals surface area contributed by atoms with Gasteiger partial charge in [0.2, 0.25) is 0 Å². The highest BCUT2D eigenvalue weighted by molar-refractivity contribution is 7.99. The summed E-state index contributed by atoms with van der Waals surface area (Å²) < 4.78 is 1.94. The molecule has 2 aromatic rings. The Morgan fingerprint density at radius 1 is 1.47 bits per heavy atom. The Morgan fingerprint density at radius 2 is 2.40 bits per heavy atom. The zero-order valence-corrected chi connectivity index (χ0v) is 8.94. The van der Waals surface area contributed by atoms with Gasteiger partial charge in [0.15, 0.2) is 0 Å². The van der Waals surface area contributed by atoms with Crippen LogP contribution in [0.15, 0.2) is 18.2 Å². The highest BCUT2D eigenvalue weighted by Crippen LogP contribution is 2.30. The molecule has 0 bridgehead atoms. The average molecular weight is 221 g/mol. The van der Waals surface area contributed by atoms with Crippen LogP contribution in [0.1, 0.15) is 12.5 Å². The molecule has 1 aromatic carbocycles. The fourth-order valence-corrected chi connectivity index (χ4v) is 3.09. The van der Waals surface area contributed by atoms with Crippen LogP contribution in [-0.4, -0.2) is 31.6 Å². The van der Waals surface area contributed by atoms with Crippen molar-refractivity contribution in [1.29, 1.82) is 0 Å². The van der Waals surface area contributed by atoms with Crippen LogP contribution in [0, 0.1) is 0 Å². The third-order valence-electron chi connectivity index (χ3n) is 2.71. The summed E-state index contributed by atoms with van der Waals surface area (Å²) in [6, 6.07) is 5.61. The van der Waals surface area contributed by atoms with Gasteiger partial charge in [-0.15, -0.1) is 5.10 Å². The van der Waals surface area contributed by atoms with Crippen molar-refractivity contribution < 1.29 is 5.11 Å². The summed E-state index contributed by atoms with van der Waals surface area (Å²) in [5.74, 6) is 2.55. The van der Waals surface area contributed by atoms with Gasteiger partial charge in [0.25, 0.3) is 0 Å². The van der Waals surface area contributed by atoms with Gasteiger partial charge in [0.1, 0.15) is 11.3 Å². The molecule has 5 heteroatoms. The first kappa shape index (κ1) is 9.03. The maximum Gasteiger partial charge on any atom is 0.117 e. The molecule has 3 rings (SSSR count). The number of hydrogen-bond acceptors (Lipinski definition) is 4. The molecule has 1 fully saturated rings. The molecular formula is C10H11N3OS. The van der Waals surface area contributed by atoms with Crippen LogP contribution in [0.25, 0.3) is 11.0 Å². The molecule has 0 spiro atoms. The van der Waals surface area contributed by atoms with Crippen LogP contribution >= 0.6 is 11.8 Å². The zero-order chi connectivity index (χ0) is 10.3. The Kier molecular flexibility index (Phi) is 2.05. The summed E-state index contributed by atoms with van der Waals surface area (Å²) in [6.07, 6.45) is 1.14. The van der Waals surface area contributed by atoms with Crippen LogP contribution in [0.4, 0.5) is 0 Å². The minimum Gasteiger partial charge on any atom is -0.508 e. The van der Waals surface area contributed by atoms with E-state index >= 15 is 0 Å². The number of fused-ring (bicyclic) bond motifs is 1. The summed E-state index contributed by atoms with van der Waals surface area (Å²) in [7, 11) is 0. The zero-order valence-electron chi connectivity index (χ0n) is 8.13. The fourth-order valence-electron chi connectivity index (χ4n) is 1.91. The van der Waals surface area contributed by atoms with Gasteiger partial charge in [0.05, 0.1) is 11.6 Å². The second kappa shape index (κ2) is 3.41. The lowest BCUT2D eigenvalue weighted by molar-refractivity contribution is 0.473. The van der Waals surface area contributed by atoms with Gasteiger partial charge in [-0.1, -0.05) is 5.21 Å². The predicted molar refractivity (Wildman–Crippen MR) is 60.2 cm³/mol. The molecule has 15 heavy (non-hydrogen) atoms. The van der Waals surface area contributed by atoms with Gasteiger partial charge < -0.3 is 5.11 Å².